The van der Waals surface area contributed by atoms with Crippen molar-refractivity contribution >= 4 is 39.7 Å². The second-order valence-electron chi connectivity index (χ2n) is 4.09. The molecule has 0 radical (unpaired) electrons. The maximum atomic E-state index is 6.03. The first-order valence-corrected chi connectivity index (χ1v) is 6.87. The van der Waals surface area contributed by atoms with Crippen molar-refractivity contribution in [3.05, 3.63) is 38.3 Å². The molecule has 1 fully saturated rings. The maximum Gasteiger partial charge on any atom is 0.199 e. The summed E-state index contributed by atoms with van der Waals surface area (Å²) in [6.45, 7) is 0. The highest BCUT2D eigenvalue weighted by molar-refractivity contribution is 9.10. The molecule has 3 nitrogen and oxygen atoms in total. The zero-order valence-electron chi connectivity index (χ0n) is 8.78. The minimum Gasteiger partial charge on any atom is -0.271 e. The second-order valence-corrected chi connectivity index (χ2v) is 5.77. The molecule has 0 saturated heterocycles. The average molecular weight is 331 g/mol. The fourth-order valence-corrected chi connectivity index (χ4v) is 2.64. The van der Waals surface area contributed by atoms with Crippen LogP contribution in [0.15, 0.2) is 22.7 Å². The first kappa shape index (κ1) is 11.4. The molecule has 1 heterocycles. The molecule has 1 aliphatic rings. The summed E-state index contributed by atoms with van der Waals surface area (Å²) in [5, 5.41) is 7.85. The van der Waals surface area contributed by atoms with Crippen LogP contribution in [0, 0.1) is 4.77 Å². The lowest BCUT2D eigenvalue weighted by Gasteiger charge is -2.08. The monoisotopic (exact) mass is 329 g/mol. The Morgan fingerprint density at radius 1 is 1.47 bits per heavy atom. The van der Waals surface area contributed by atoms with E-state index >= 15 is 0 Å². The van der Waals surface area contributed by atoms with Crippen molar-refractivity contribution in [1.82, 2.24) is 14.8 Å². The van der Waals surface area contributed by atoms with Gasteiger partial charge in [0.2, 0.25) is 0 Å². The normalized spacial score (nSPS) is 15.2. The number of aromatic amines is 1. The van der Waals surface area contributed by atoms with Gasteiger partial charge in [0.15, 0.2) is 4.77 Å². The molecule has 0 spiro atoms. The van der Waals surface area contributed by atoms with Gasteiger partial charge in [0.05, 0.1) is 5.69 Å². The zero-order chi connectivity index (χ0) is 12.0. The predicted molar refractivity (Wildman–Crippen MR) is 73.4 cm³/mol. The number of hydrogen-bond donors (Lipinski definition) is 1. The van der Waals surface area contributed by atoms with Crippen molar-refractivity contribution in [2.24, 2.45) is 0 Å². The molecule has 1 saturated carbocycles. The van der Waals surface area contributed by atoms with Gasteiger partial charge in [-0.15, -0.1) is 0 Å². The van der Waals surface area contributed by atoms with E-state index in [4.69, 9.17) is 23.8 Å². The minimum atomic E-state index is 0.522. The van der Waals surface area contributed by atoms with Gasteiger partial charge in [-0.25, -0.2) is 0 Å². The van der Waals surface area contributed by atoms with E-state index < -0.39 is 0 Å². The fourth-order valence-electron chi connectivity index (χ4n) is 1.81. The van der Waals surface area contributed by atoms with Gasteiger partial charge < -0.3 is 0 Å². The van der Waals surface area contributed by atoms with Gasteiger partial charge in [-0.3, -0.25) is 9.67 Å². The predicted octanol–water partition coefficient (Wildman–Crippen LogP) is 4.22. The van der Waals surface area contributed by atoms with Crippen LogP contribution in [0.25, 0.3) is 5.69 Å². The first-order valence-electron chi connectivity index (χ1n) is 5.29. The average Bonchev–Trinajstić information content (AvgIpc) is 3.07. The lowest BCUT2D eigenvalue weighted by atomic mass is 10.3. The molecule has 0 bridgehead atoms. The second kappa shape index (κ2) is 4.23. The number of nitrogens with one attached hydrogen (secondary N) is 1. The quantitative estimate of drug-likeness (QED) is 0.836. The molecule has 1 aliphatic carbocycles. The van der Waals surface area contributed by atoms with E-state index in [2.05, 4.69) is 26.1 Å². The Morgan fingerprint density at radius 2 is 2.24 bits per heavy atom. The lowest BCUT2D eigenvalue weighted by Crippen LogP contribution is -2.01. The summed E-state index contributed by atoms with van der Waals surface area (Å²) >= 11 is 14.8. The van der Waals surface area contributed by atoms with Crippen LogP contribution in [-0.4, -0.2) is 14.8 Å². The molecule has 6 heteroatoms. The minimum absolute atomic E-state index is 0.522. The summed E-state index contributed by atoms with van der Waals surface area (Å²) in [5.74, 6) is 1.52. The van der Waals surface area contributed by atoms with E-state index in [1.165, 1.54) is 12.8 Å². The molecule has 3 rings (SSSR count). The molecule has 17 heavy (non-hydrogen) atoms. The SMILES string of the molecule is S=c1[nH]nc(C2CC2)n1-c1cc(Cl)ccc1Br. The molecular weight excluding hydrogens is 322 g/mol. The molecule has 0 amide bonds. The Kier molecular flexibility index (Phi) is 2.84. The van der Waals surface area contributed by atoms with E-state index in [1.807, 2.05) is 22.8 Å². The number of H-pyrrole nitrogens is 1. The van der Waals surface area contributed by atoms with Crippen molar-refractivity contribution < 1.29 is 0 Å². The molecule has 0 unspecified atom stereocenters. The molecule has 2 aromatic rings. The summed E-state index contributed by atoms with van der Waals surface area (Å²) < 4.78 is 3.53. The van der Waals surface area contributed by atoms with Crippen LogP contribution in [0.5, 0.6) is 0 Å². The zero-order valence-corrected chi connectivity index (χ0v) is 11.9. The third-order valence-electron chi connectivity index (χ3n) is 2.79. The standard InChI is InChI=1S/C11H9BrClN3S/c12-8-4-3-7(13)5-9(8)16-10(6-1-2-6)14-15-11(16)17/h3-6H,1-2H2,(H,15,17). The Labute approximate surface area is 117 Å². The topological polar surface area (TPSA) is 33.6 Å². The van der Waals surface area contributed by atoms with Crippen LogP contribution in [0.2, 0.25) is 5.02 Å². The molecule has 88 valence electrons. The molecule has 1 N–H and O–H groups in total. The van der Waals surface area contributed by atoms with Crippen molar-refractivity contribution in [3.8, 4) is 5.69 Å². The number of rotatable bonds is 2. The van der Waals surface area contributed by atoms with Gasteiger partial charge >= 0.3 is 0 Å². The third-order valence-corrected chi connectivity index (χ3v) is 3.97. The largest absolute Gasteiger partial charge is 0.271 e. The van der Waals surface area contributed by atoms with E-state index in [9.17, 15) is 0 Å². The number of benzene rings is 1. The molecule has 1 aromatic heterocycles. The van der Waals surface area contributed by atoms with Crippen LogP contribution < -0.4 is 0 Å². The summed E-state index contributed by atoms with van der Waals surface area (Å²) in [4.78, 5) is 0. The van der Waals surface area contributed by atoms with Crippen LogP contribution in [0.4, 0.5) is 0 Å². The van der Waals surface area contributed by atoms with Gasteiger partial charge in [0, 0.05) is 15.4 Å². The summed E-state index contributed by atoms with van der Waals surface area (Å²) in [6, 6.07) is 5.65. The van der Waals surface area contributed by atoms with Crippen molar-refractivity contribution in [1.29, 1.82) is 0 Å². The van der Waals surface area contributed by atoms with Crippen molar-refractivity contribution in [3.63, 3.8) is 0 Å². The number of hydrogen-bond acceptors (Lipinski definition) is 2. The lowest BCUT2D eigenvalue weighted by molar-refractivity contribution is 0.866. The fraction of sp³-hybridized carbons (Fsp3) is 0.273. The molecular formula is C11H9BrClN3S. The highest BCUT2D eigenvalue weighted by Gasteiger charge is 2.29. The smallest absolute Gasteiger partial charge is 0.199 e. The van der Waals surface area contributed by atoms with E-state index in [1.54, 1.807) is 0 Å². The van der Waals surface area contributed by atoms with Gasteiger partial charge in [-0.05, 0) is 59.2 Å². The van der Waals surface area contributed by atoms with Gasteiger partial charge in [0.25, 0.3) is 0 Å². The molecule has 0 aliphatic heterocycles. The highest BCUT2D eigenvalue weighted by Crippen LogP contribution is 2.40. The van der Waals surface area contributed by atoms with Crippen molar-refractivity contribution in [2.45, 2.75) is 18.8 Å². The van der Waals surface area contributed by atoms with Gasteiger partial charge in [-0.1, -0.05) is 11.6 Å². The first-order chi connectivity index (χ1) is 8.16. The van der Waals surface area contributed by atoms with Crippen LogP contribution in [0.1, 0.15) is 24.6 Å². The van der Waals surface area contributed by atoms with Gasteiger partial charge in [0.1, 0.15) is 5.82 Å². The van der Waals surface area contributed by atoms with E-state index in [0.717, 1.165) is 16.0 Å². The summed E-state index contributed by atoms with van der Waals surface area (Å²) in [7, 11) is 0. The number of halogens is 2. The Morgan fingerprint density at radius 3 is 2.94 bits per heavy atom. The number of aromatic nitrogens is 3. The van der Waals surface area contributed by atoms with Gasteiger partial charge in [-0.2, -0.15) is 5.10 Å². The Hall–Kier alpha value is -0.650. The van der Waals surface area contributed by atoms with Crippen LogP contribution in [0.3, 0.4) is 0 Å². The third kappa shape index (κ3) is 2.07. The Balaban J connectivity index is 2.23. The Bertz CT molecular complexity index is 630. The summed E-state index contributed by atoms with van der Waals surface area (Å²) in [5.41, 5.74) is 0.943. The maximum absolute atomic E-state index is 6.03. The van der Waals surface area contributed by atoms with Crippen molar-refractivity contribution in [2.75, 3.05) is 0 Å². The molecule has 1 aromatic carbocycles. The highest BCUT2D eigenvalue weighted by atomic mass is 79.9. The summed E-state index contributed by atoms with van der Waals surface area (Å²) in [6.07, 6.45) is 2.36. The number of nitrogens with zero attached hydrogens (tertiary/aromatic N) is 2. The van der Waals surface area contributed by atoms with Crippen LogP contribution >= 0.6 is 39.7 Å². The van der Waals surface area contributed by atoms with Crippen LogP contribution in [-0.2, 0) is 0 Å². The van der Waals surface area contributed by atoms with E-state index in [0.29, 0.717) is 15.7 Å². The molecule has 0 atom stereocenters. The van der Waals surface area contributed by atoms with E-state index in [-0.39, 0.29) is 0 Å².